The Bertz CT molecular complexity index is 1350. The van der Waals surface area contributed by atoms with Crippen LogP contribution in [0.5, 0.6) is 5.75 Å². The van der Waals surface area contributed by atoms with Gasteiger partial charge in [0.1, 0.15) is 35.0 Å². The lowest BCUT2D eigenvalue weighted by Crippen LogP contribution is -2.60. The molecule has 12 heteroatoms. The van der Waals surface area contributed by atoms with Gasteiger partial charge in [0.15, 0.2) is 5.78 Å². The molecule has 0 bridgehead atoms. The number of allylic oxidation sites excluding steroid dienone is 1. The normalized spacial score (nSPS) is 27.4. The van der Waals surface area contributed by atoms with Gasteiger partial charge in [-0.15, -0.1) is 0 Å². The van der Waals surface area contributed by atoms with E-state index in [-0.39, 0.29) is 54.9 Å². The number of primary amides is 1. The number of nitrogens with two attached hydrogens (primary N) is 1. The van der Waals surface area contributed by atoms with Crippen LogP contribution in [-0.4, -0.2) is 103 Å². The number of aliphatic hydroxyl groups excluding tert-OH is 2. The summed E-state index contributed by atoms with van der Waals surface area (Å²) >= 11 is 0. The number of ether oxygens (including phenoxy) is 2. The van der Waals surface area contributed by atoms with Crippen molar-refractivity contribution < 1.29 is 44.3 Å². The monoisotopic (exact) mass is 573 g/mol. The third-order valence-corrected chi connectivity index (χ3v) is 8.72. The van der Waals surface area contributed by atoms with Crippen molar-refractivity contribution in [1.82, 2.24) is 4.90 Å². The number of fused-ring (bicyclic) bond motifs is 3. The van der Waals surface area contributed by atoms with Crippen molar-refractivity contribution in [2.75, 3.05) is 53.4 Å². The van der Waals surface area contributed by atoms with Crippen LogP contribution >= 0.6 is 0 Å². The summed E-state index contributed by atoms with van der Waals surface area (Å²) < 4.78 is 10.1. The number of aliphatic hydroxyl groups is 3. The van der Waals surface area contributed by atoms with E-state index in [1.807, 2.05) is 0 Å². The van der Waals surface area contributed by atoms with Gasteiger partial charge in [0.05, 0.1) is 29.7 Å². The van der Waals surface area contributed by atoms with Crippen molar-refractivity contribution in [3.63, 3.8) is 0 Å². The summed E-state index contributed by atoms with van der Waals surface area (Å²) in [5.74, 6) is -6.11. The zero-order chi connectivity index (χ0) is 30.5. The van der Waals surface area contributed by atoms with Crippen LogP contribution in [0.1, 0.15) is 46.0 Å². The summed E-state index contributed by atoms with van der Waals surface area (Å²) in [6, 6.07) is 0.712. The fourth-order valence-electron chi connectivity index (χ4n) is 7.01. The fourth-order valence-corrected chi connectivity index (χ4v) is 7.01. The van der Waals surface area contributed by atoms with E-state index in [0.717, 1.165) is 0 Å². The molecule has 3 unspecified atom stereocenters. The van der Waals surface area contributed by atoms with Crippen LogP contribution in [0.3, 0.4) is 0 Å². The molecule has 0 saturated carbocycles. The minimum atomic E-state index is -2.04. The highest BCUT2D eigenvalue weighted by Crippen LogP contribution is 2.56. The standard InChI is InChI=1S/C29H39N3O9/c1-7-29(39)20-15(22(32(4)5)26(36)21(29)27(30)37)11-13-10-14-17(31(2)3)12-16(28(38)41-9-8-40-6)23(33)19(14)24(34)18(13)25(20)35/h12-13,15,20,22,33,35-36,39H,7-11H2,1-6H3,(H2,30,37)/t13?,15?,20?,22-,29+/m0/s1. The quantitative estimate of drug-likeness (QED) is 0.224. The van der Waals surface area contributed by atoms with Gasteiger partial charge in [0, 0.05) is 32.5 Å². The van der Waals surface area contributed by atoms with Gasteiger partial charge >= 0.3 is 5.97 Å². The van der Waals surface area contributed by atoms with Crippen molar-refractivity contribution in [3.05, 3.63) is 45.4 Å². The lowest BCUT2D eigenvalue weighted by atomic mass is 9.56. The Balaban J connectivity index is 1.93. The number of anilines is 1. The van der Waals surface area contributed by atoms with Crippen LogP contribution < -0.4 is 10.6 Å². The van der Waals surface area contributed by atoms with Crippen LogP contribution in [0.25, 0.3) is 0 Å². The van der Waals surface area contributed by atoms with Gasteiger partial charge in [0.2, 0.25) is 0 Å². The maximum Gasteiger partial charge on any atom is 0.342 e. The summed E-state index contributed by atoms with van der Waals surface area (Å²) in [7, 11) is 8.36. The van der Waals surface area contributed by atoms with Crippen molar-refractivity contribution in [3.8, 4) is 5.75 Å². The Hall–Kier alpha value is -3.61. The number of likely N-dealkylation sites (N-methyl/N-ethyl adjacent to an activating group) is 1. The maximum absolute atomic E-state index is 14.1. The topological polar surface area (TPSA) is 183 Å². The number of rotatable bonds is 8. The molecule has 0 saturated heterocycles. The van der Waals surface area contributed by atoms with Gasteiger partial charge in [-0.3, -0.25) is 14.5 Å². The van der Waals surface area contributed by atoms with Gasteiger partial charge in [-0.05, 0) is 56.8 Å². The molecular formula is C29H39N3O9. The Kier molecular flexibility index (Phi) is 8.14. The number of carbonyl (C=O) groups excluding carboxylic acids is 3. The number of methoxy groups -OCH3 is 1. The van der Waals surface area contributed by atoms with E-state index in [4.69, 9.17) is 15.2 Å². The number of aromatic hydroxyl groups is 1. The predicted octanol–water partition coefficient (Wildman–Crippen LogP) is 1.45. The molecule has 5 atom stereocenters. The summed E-state index contributed by atoms with van der Waals surface area (Å²) in [5, 5.41) is 46.0. The Labute approximate surface area is 238 Å². The molecule has 224 valence electrons. The average molecular weight is 574 g/mol. The molecule has 0 fully saturated rings. The predicted molar refractivity (Wildman–Crippen MR) is 149 cm³/mol. The minimum absolute atomic E-state index is 0.00162. The van der Waals surface area contributed by atoms with E-state index in [1.165, 1.54) is 13.2 Å². The van der Waals surface area contributed by atoms with Crippen LogP contribution in [0.15, 0.2) is 28.7 Å². The van der Waals surface area contributed by atoms with E-state index in [0.29, 0.717) is 11.3 Å². The molecule has 0 spiro atoms. The molecule has 0 heterocycles. The highest BCUT2D eigenvalue weighted by molar-refractivity contribution is 6.16. The zero-order valence-electron chi connectivity index (χ0n) is 24.2. The Morgan fingerprint density at radius 1 is 1.12 bits per heavy atom. The Morgan fingerprint density at radius 3 is 2.32 bits per heavy atom. The lowest BCUT2D eigenvalue weighted by molar-refractivity contribution is -0.122. The van der Waals surface area contributed by atoms with Crippen LogP contribution in [0.4, 0.5) is 5.69 Å². The number of carbonyl (C=O) groups is 3. The van der Waals surface area contributed by atoms with Crippen molar-refractivity contribution in [1.29, 1.82) is 0 Å². The maximum atomic E-state index is 14.1. The van der Waals surface area contributed by atoms with Crippen LogP contribution in [0.2, 0.25) is 0 Å². The van der Waals surface area contributed by atoms with Crippen LogP contribution in [0, 0.1) is 17.8 Å². The second-order valence-electron chi connectivity index (χ2n) is 11.4. The second kappa shape index (κ2) is 11.0. The number of amides is 1. The lowest BCUT2D eigenvalue weighted by Gasteiger charge is -2.53. The molecule has 41 heavy (non-hydrogen) atoms. The number of hydrogen-bond acceptors (Lipinski definition) is 11. The summed E-state index contributed by atoms with van der Waals surface area (Å²) in [5.41, 5.74) is 3.89. The van der Waals surface area contributed by atoms with E-state index in [9.17, 15) is 34.8 Å². The number of nitrogens with zero attached hydrogens (tertiary/aromatic N) is 2. The van der Waals surface area contributed by atoms with Crippen molar-refractivity contribution in [2.24, 2.45) is 23.5 Å². The third-order valence-electron chi connectivity index (χ3n) is 8.72. The van der Waals surface area contributed by atoms with E-state index in [1.54, 1.807) is 44.9 Å². The number of hydrogen-bond donors (Lipinski definition) is 5. The van der Waals surface area contributed by atoms with Gasteiger partial charge in [-0.25, -0.2) is 4.79 Å². The highest BCUT2D eigenvalue weighted by atomic mass is 16.6. The highest BCUT2D eigenvalue weighted by Gasteiger charge is 2.60. The van der Waals surface area contributed by atoms with Gasteiger partial charge in [0.25, 0.3) is 5.91 Å². The number of Topliss-reactive ketones (excluding diaryl/α,β-unsaturated/α-hetero) is 1. The van der Waals surface area contributed by atoms with Crippen LogP contribution in [-0.2, 0) is 20.7 Å². The first-order valence-electron chi connectivity index (χ1n) is 13.5. The van der Waals surface area contributed by atoms with E-state index in [2.05, 4.69) is 0 Å². The van der Waals surface area contributed by atoms with E-state index < -0.39 is 64.1 Å². The molecule has 12 nitrogen and oxygen atoms in total. The molecule has 0 radical (unpaired) electrons. The molecule has 4 rings (SSSR count). The minimum Gasteiger partial charge on any atom is -0.511 e. The summed E-state index contributed by atoms with van der Waals surface area (Å²) in [6.07, 6.45) is 0.448. The molecule has 3 aliphatic carbocycles. The number of ketones is 1. The smallest absolute Gasteiger partial charge is 0.342 e. The first-order chi connectivity index (χ1) is 19.2. The molecule has 1 aromatic carbocycles. The fraction of sp³-hybridized carbons (Fsp3) is 0.552. The molecule has 6 N–H and O–H groups in total. The third kappa shape index (κ3) is 4.63. The average Bonchev–Trinajstić information content (AvgIpc) is 2.87. The first-order valence-corrected chi connectivity index (χ1v) is 13.5. The SMILES string of the molecule is CC[C@]1(O)C(C(N)=O)=C(O)[C@@H](N(C)C)C2CC3Cc4c(N(C)C)cc(C(=O)OCCOC)c(O)c4C(=O)C3=C(O)C21. The number of benzene rings is 1. The molecular weight excluding hydrogens is 534 g/mol. The zero-order valence-corrected chi connectivity index (χ0v) is 24.2. The largest absolute Gasteiger partial charge is 0.511 e. The molecule has 1 aromatic rings. The Morgan fingerprint density at radius 2 is 1.78 bits per heavy atom. The molecule has 3 aliphatic rings. The number of esters is 1. The summed E-state index contributed by atoms with van der Waals surface area (Å²) in [6.45, 7) is 1.69. The van der Waals surface area contributed by atoms with Gasteiger partial charge < -0.3 is 40.5 Å². The first kappa shape index (κ1) is 30.4. The van der Waals surface area contributed by atoms with Gasteiger partial charge in [-0.1, -0.05) is 6.92 Å². The second-order valence-corrected chi connectivity index (χ2v) is 11.4. The molecule has 0 aliphatic heterocycles. The number of phenols is 1. The van der Waals surface area contributed by atoms with Crippen molar-refractivity contribution in [2.45, 2.75) is 37.8 Å². The summed E-state index contributed by atoms with van der Waals surface area (Å²) in [4.78, 5) is 42.9. The van der Waals surface area contributed by atoms with E-state index >= 15 is 0 Å². The van der Waals surface area contributed by atoms with Gasteiger partial charge in [-0.2, -0.15) is 0 Å². The molecule has 1 amide bonds. The number of phenolic OH excluding ortho intramolecular Hbond substituents is 1. The van der Waals surface area contributed by atoms with Crippen molar-refractivity contribution >= 4 is 23.3 Å². The molecule has 0 aromatic heterocycles.